The summed E-state index contributed by atoms with van der Waals surface area (Å²) in [5, 5.41) is 2.19. The van der Waals surface area contributed by atoms with E-state index in [1.54, 1.807) is 11.3 Å². The molecule has 0 fully saturated rings. The van der Waals surface area contributed by atoms with Crippen molar-refractivity contribution in [3.05, 3.63) is 23.4 Å². The van der Waals surface area contributed by atoms with Crippen LogP contribution in [0.1, 0.15) is 30.2 Å². The molecule has 0 saturated carbocycles. The first-order chi connectivity index (χ1) is 7.72. The van der Waals surface area contributed by atoms with E-state index in [1.807, 2.05) is 13.0 Å². The van der Waals surface area contributed by atoms with Crippen LogP contribution in [0, 0.1) is 13.8 Å². The third-order valence-corrected chi connectivity index (χ3v) is 3.28. The third-order valence-electron chi connectivity index (χ3n) is 2.20. The molecule has 0 unspecified atom stereocenters. The second kappa shape index (κ2) is 6.66. The first-order valence-electron chi connectivity index (χ1n) is 5.49. The number of carbonyl (C=O) groups is 1. The Kier molecular flexibility index (Phi) is 5.49. The lowest BCUT2D eigenvalue weighted by molar-refractivity contribution is -0.113. The molecule has 1 aromatic rings. The summed E-state index contributed by atoms with van der Waals surface area (Å²) in [6.07, 6.45) is 3.40. The smallest absolute Gasteiger partial charge is 0.238 e. The highest BCUT2D eigenvalue weighted by Crippen LogP contribution is 2.31. The Bertz CT molecular complexity index is 336. The van der Waals surface area contributed by atoms with Crippen LogP contribution in [0.2, 0.25) is 0 Å². The Morgan fingerprint density at radius 3 is 2.94 bits per heavy atom. The summed E-state index contributed by atoms with van der Waals surface area (Å²) >= 11 is 1.56. The van der Waals surface area contributed by atoms with Crippen molar-refractivity contribution >= 4 is 22.7 Å². The Labute approximate surface area is 101 Å². The average molecular weight is 240 g/mol. The van der Waals surface area contributed by atoms with Gasteiger partial charge in [0.2, 0.25) is 6.41 Å². The van der Waals surface area contributed by atoms with Crippen LogP contribution in [0.3, 0.4) is 0 Å². The van der Waals surface area contributed by atoms with E-state index in [9.17, 15) is 4.79 Å². The maximum absolute atomic E-state index is 11.0. The topological polar surface area (TPSA) is 29.5 Å². The standard InChI is InChI=1S/C12H18NO2S/c1-4-6-7-15-13(9-14)12-11(5-2)8-10(3)16-12/h8-9H,2,4-7H2,1,3H3. The zero-order valence-electron chi connectivity index (χ0n) is 9.86. The predicted molar refractivity (Wildman–Crippen MR) is 67.5 cm³/mol. The number of hydroxylamine groups is 1. The van der Waals surface area contributed by atoms with Crippen molar-refractivity contribution in [3.8, 4) is 0 Å². The second-order valence-electron chi connectivity index (χ2n) is 3.56. The second-order valence-corrected chi connectivity index (χ2v) is 4.79. The summed E-state index contributed by atoms with van der Waals surface area (Å²) in [7, 11) is 0. The first kappa shape index (κ1) is 13.2. The van der Waals surface area contributed by atoms with Gasteiger partial charge in [0.1, 0.15) is 5.00 Å². The molecule has 16 heavy (non-hydrogen) atoms. The Morgan fingerprint density at radius 1 is 1.62 bits per heavy atom. The summed E-state index contributed by atoms with van der Waals surface area (Å²) < 4.78 is 0. The lowest BCUT2D eigenvalue weighted by atomic mass is 10.2. The molecule has 0 aliphatic rings. The largest absolute Gasteiger partial charge is 0.276 e. The maximum Gasteiger partial charge on any atom is 0.238 e. The molecule has 0 spiro atoms. The zero-order valence-corrected chi connectivity index (χ0v) is 10.7. The summed E-state index contributed by atoms with van der Waals surface area (Å²) in [6, 6.07) is 2.05. The quantitative estimate of drug-likeness (QED) is 0.416. The van der Waals surface area contributed by atoms with Gasteiger partial charge in [-0.1, -0.05) is 13.3 Å². The minimum Gasteiger partial charge on any atom is -0.276 e. The van der Waals surface area contributed by atoms with E-state index < -0.39 is 0 Å². The maximum atomic E-state index is 11.0. The van der Waals surface area contributed by atoms with E-state index in [1.165, 1.54) is 9.94 Å². The molecule has 0 saturated heterocycles. The summed E-state index contributed by atoms with van der Waals surface area (Å²) in [5.41, 5.74) is 1.06. The fourth-order valence-corrected chi connectivity index (χ4v) is 2.35. The monoisotopic (exact) mass is 240 g/mol. The molecular weight excluding hydrogens is 222 g/mol. The number of unbranched alkanes of at least 4 members (excludes halogenated alkanes) is 1. The lowest BCUT2D eigenvalue weighted by Gasteiger charge is -2.16. The van der Waals surface area contributed by atoms with Crippen LogP contribution in [0.4, 0.5) is 5.00 Å². The van der Waals surface area contributed by atoms with Gasteiger partial charge < -0.3 is 0 Å². The van der Waals surface area contributed by atoms with E-state index in [2.05, 4.69) is 13.8 Å². The van der Waals surface area contributed by atoms with Crippen LogP contribution in [-0.4, -0.2) is 13.0 Å². The van der Waals surface area contributed by atoms with Gasteiger partial charge in [0.15, 0.2) is 0 Å². The van der Waals surface area contributed by atoms with Gasteiger partial charge in [-0.05, 0) is 38.3 Å². The molecule has 1 rings (SSSR count). The number of nitrogens with zero attached hydrogens (tertiary/aromatic N) is 1. The van der Waals surface area contributed by atoms with Crippen molar-refractivity contribution in [1.29, 1.82) is 0 Å². The van der Waals surface area contributed by atoms with Gasteiger partial charge in [-0.3, -0.25) is 9.63 Å². The molecule has 0 atom stereocenters. The molecule has 1 aromatic heterocycles. The predicted octanol–water partition coefficient (Wildman–Crippen LogP) is 3.13. The zero-order chi connectivity index (χ0) is 12.0. The van der Waals surface area contributed by atoms with Gasteiger partial charge in [-0.2, -0.15) is 5.06 Å². The number of amides is 1. The minimum absolute atomic E-state index is 0.572. The molecule has 1 amide bonds. The fourth-order valence-electron chi connectivity index (χ4n) is 1.36. The highest BCUT2D eigenvalue weighted by atomic mass is 32.1. The summed E-state index contributed by atoms with van der Waals surface area (Å²) in [5.74, 6) is 0. The highest BCUT2D eigenvalue weighted by molar-refractivity contribution is 7.16. The van der Waals surface area contributed by atoms with Crippen LogP contribution in [-0.2, 0) is 16.1 Å². The van der Waals surface area contributed by atoms with E-state index in [0.717, 1.165) is 29.8 Å². The van der Waals surface area contributed by atoms with Gasteiger partial charge in [-0.15, -0.1) is 11.3 Å². The van der Waals surface area contributed by atoms with Crippen molar-refractivity contribution in [2.45, 2.75) is 33.1 Å². The molecule has 1 heterocycles. The van der Waals surface area contributed by atoms with Gasteiger partial charge in [0.25, 0.3) is 0 Å². The molecule has 89 valence electrons. The van der Waals surface area contributed by atoms with E-state index >= 15 is 0 Å². The minimum atomic E-state index is 0.572. The Hall–Kier alpha value is -0.870. The molecule has 0 aliphatic carbocycles. The van der Waals surface area contributed by atoms with Crippen LogP contribution in [0.15, 0.2) is 6.07 Å². The van der Waals surface area contributed by atoms with Crippen molar-refractivity contribution < 1.29 is 9.63 Å². The van der Waals surface area contributed by atoms with Crippen molar-refractivity contribution in [3.63, 3.8) is 0 Å². The summed E-state index contributed by atoms with van der Waals surface area (Å²) in [4.78, 5) is 17.6. The van der Waals surface area contributed by atoms with E-state index in [4.69, 9.17) is 4.84 Å². The van der Waals surface area contributed by atoms with Gasteiger partial charge >= 0.3 is 0 Å². The lowest BCUT2D eigenvalue weighted by Crippen LogP contribution is -2.22. The number of anilines is 1. The SMILES string of the molecule is [CH2]Cc1cc(C)sc1N(C=O)OCCCC. The van der Waals surface area contributed by atoms with Crippen LogP contribution in [0.25, 0.3) is 0 Å². The number of carbonyl (C=O) groups excluding carboxylic acids is 1. The van der Waals surface area contributed by atoms with Crippen LogP contribution >= 0.6 is 11.3 Å². The van der Waals surface area contributed by atoms with Crippen molar-refractivity contribution in [1.82, 2.24) is 0 Å². The molecule has 0 aliphatic heterocycles. The molecule has 3 nitrogen and oxygen atoms in total. The molecule has 0 aromatic carbocycles. The number of hydrogen-bond acceptors (Lipinski definition) is 3. The molecule has 0 N–H and O–H groups in total. The van der Waals surface area contributed by atoms with Gasteiger partial charge in [-0.25, -0.2) is 0 Å². The number of aryl methyl sites for hydroxylation is 1. The number of thiophene rings is 1. The Morgan fingerprint density at radius 2 is 2.38 bits per heavy atom. The molecule has 1 radical (unpaired) electrons. The Balaban J connectivity index is 2.73. The normalized spacial score (nSPS) is 10.4. The number of hydrogen-bond donors (Lipinski definition) is 0. The first-order valence-corrected chi connectivity index (χ1v) is 6.30. The molecular formula is C12H18NO2S. The fraction of sp³-hybridized carbons (Fsp3) is 0.500. The highest BCUT2D eigenvalue weighted by Gasteiger charge is 2.13. The molecule has 0 bridgehead atoms. The number of rotatable bonds is 7. The summed E-state index contributed by atoms with van der Waals surface area (Å²) in [6.45, 7) is 8.53. The van der Waals surface area contributed by atoms with Gasteiger partial charge in [0, 0.05) is 4.88 Å². The van der Waals surface area contributed by atoms with Crippen LogP contribution in [0.5, 0.6) is 0 Å². The van der Waals surface area contributed by atoms with Crippen molar-refractivity contribution in [2.24, 2.45) is 0 Å². The van der Waals surface area contributed by atoms with E-state index in [-0.39, 0.29) is 0 Å². The van der Waals surface area contributed by atoms with Crippen molar-refractivity contribution in [2.75, 3.05) is 11.7 Å². The van der Waals surface area contributed by atoms with E-state index in [0.29, 0.717) is 13.0 Å². The third kappa shape index (κ3) is 3.32. The van der Waals surface area contributed by atoms with Gasteiger partial charge in [0.05, 0.1) is 6.61 Å². The average Bonchev–Trinajstić information content (AvgIpc) is 2.66. The van der Waals surface area contributed by atoms with Crippen LogP contribution < -0.4 is 5.06 Å². The molecule has 4 heteroatoms.